The van der Waals surface area contributed by atoms with Crippen molar-refractivity contribution in [2.24, 2.45) is 0 Å². The van der Waals surface area contributed by atoms with Crippen LogP contribution in [0.15, 0.2) is 30.6 Å². The van der Waals surface area contributed by atoms with Gasteiger partial charge in [-0.1, -0.05) is 0 Å². The lowest BCUT2D eigenvalue weighted by Gasteiger charge is -2.12. The average molecular weight is 306 g/mol. The van der Waals surface area contributed by atoms with Crippen molar-refractivity contribution < 1.29 is 0 Å². The zero-order valence-corrected chi connectivity index (χ0v) is 12.8. The third-order valence-electron chi connectivity index (χ3n) is 4.03. The molecule has 0 radical (unpaired) electrons. The molecular weight excluding hydrogens is 292 g/mol. The molecule has 0 atom stereocenters. The Morgan fingerprint density at radius 2 is 1.91 bits per heavy atom. The number of rotatable bonds is 2. The van der Waals surface area contributed by atoms with Gasteiger partial charge in [0.05, 0.1) is 17.0 Å². The van der Waals surface area contributed by atoms with Crippen LogP contribution in [0.25, 0.3) is 10.2 Å². The van der Waals surface area contributed by atoms with Crippen LogP contribution in [-0.4, -0.2) is 9.97 Å². The minimum atomic E-state index is 0.659. The van der Waals surface area contributed by atoms with Crippen LogP contribution in [0.5, 0.6) is 0 Å². The van der Waals surface area contributed by atoms with E-state index < -0.39 is 0 Å². The zero-order valence-electron chi connectivity index (χ0n) is 12.0. The van der Waals surface area contributed by atoms with Crippen LogP contribution in [0.1, 0.15) is 28.8 Å². The van der Waals surface area contributed by atoms with Gasteiger partial charge in [0.2, 0.25) is 0 Å². The highest BCUT2D eigenvalue weighted by Crippen LogP contribution is 2.38. The minimum absolute atomic E-state index is 0.659. The Hall–Kier alpha value is -2.45. The fourth-order valence-electron chi connectivity index (χ4n) is 2.95. The van der Waals surface area contributed by atoms with Crippen molar-refractivity contribution >= 4 is 33.1 Å². The number of nitrogens with one attached hydrogen (secondary N) is 1. The summed E-state index contributed by atoms with van der Waals surface area (Å²) < 4.78 is 0. The van der Waals surface area contributed by atoms with Crippen molar-refractivity contribution in [3.05, 3.63) is 46.6 Å². The van der Waals surface area contributed by atoms with Gasteiger partial charge >= 0.3 is 0 Å². The van der Waals surface area contributed by atoms with E-state index >= 15 is 0 Å². The van der Waals surface area contributed by atoms with Gasteiger partial charge in [0.15, 0.2) is 0 Å². The van der Waals surface area contributed by atoms with Crippen LogP contribution in [0, 0.1) is 11.3 Å². The molecule has 4 nitrogen and oxygen atoms in total. The van der Waals surface area contributed by atoms with Gasteiger partial charge in [-0.05, 0) is 55.5 Å². The standard InChI is InChI=1S/C17H14N4S/c18-9-11-5-7-12(8-6-11)21-16-15-13-3-1-2-4-14(13)22-17(15)20-10-19-16/h5-8,10H,1-4H2,(H,19,20,21). The first-order valence-corrected chi connectivity index (χ1v) is 8.19. The topological polar surface area (TPSA) is 61.6 Å². The molecule has 1 N–H and O–H groups in total. The fourth-order valence-corrected chi connectivity index (χ4v) is 4.18. The maximum atomic E-state index is 8.87. The maximum absolute atomic E-state index is 8.87. The smallest absolute Gasteiger partial charge is 0.142 e. The number of aromatic nitrogens is 2. The maximum Gasteiger partial charge on any atom is 0.142 e. The van der Waals surface area contributed by atoms with Crippen LogP contribution < -0.4 is 5.32 Å². The van der Waals surface area contributed by atoms with E-state index in [9.17, 15) is 0 Å². The Kier molecular flexibility index (Phi) is 3.24. The Morgan fingerprint density at radius 1 is 1.09 bits per heavy atom. The van der Waals surface area contributed by atoms with Crippen molar-refractivity contribution in [3.8, 4) is 6.07 Å². The van der Waals surface area contributed by atoms with Gasteiger partial charge < -0.3 is 5.32 Å². The van der Waals surface area contributed by atoms with Crippen molar-refractivity contribution in [3.63, 3.8) is 0 Å². The van der Waals surface area contributed by atoms with Gasteiger partial charge in [0.1, 0.15) is 17.0 Å². The summed E-state index contributed by atoms with van der Waals surface area (Å²) in [6, 6.07) is 9.57. The molecule has 4 rings (SSSR count). The molecule has 0 amide bonds. The number of benzene rings is 1. The van der Waals surface area contributed by atoms with E-state index in [4.69, 9.17) is 5.26 Å². The van der Waals surface area contributed by atoms with Crippen molar-refractivity contribution in [1.82, 2.24) is 9.97 Å². The number of hydrogen-bond acceptors (Lipinski definition) is 5. The zero-order chi connectivity index (χ0) is 14.9. The molecule has 0 bridgehead atoms. The monoisotopic (exact) mass is 306 g/mol. The quantitative estimate of drug-likeness (QED) is 0.771. The normalized spacial score (nSPS) is 13.6. The molecule has 2 heterocycles. The van der Waals surface area contributed by atoms with Crippen LogP contribution >= 0.6 is 11.3 Å². The molecule has 3 aromatic rings. The van der Waals surface area contributed by atoms with Gasteiger partial charge in [0, 0.05) is 10.6 Å². The molecular formula is C17H14N4S. The summed E-state index contributed by atoms with van der Waals surface area (Å²) in [4.78, 5) is 11.4. The van der Waals surface area contributed by atoms with E-state index in [-0.39, 0.29) is 0 Å². The molecule has 1 aliphatic carbocycles. The van der Waals surface area contributed by atoms with E-state index in [2.05, 4.69) is 21.4 Å². The Balaban J connectivity index is 1.77. The number of fused-ring (bicyclic) bond motifs is 3. The lowest BCUT2D eigenvalue weighted by atomic mass is 9.97. The third kappa shape index (κ3) is 2.22. The largest absolute Gasteiger partial charge is 0.340 e. The van der Waals surface area contributed by atoms with E-state index in [1.165, 1.54) is 28.7 Å². The predicted molar refractivity (Wildman–Crippen MR) is 88.5 cm³/mol. The molecule has 2 aromatic heterocycles. The third-order valence-corrected chi connectivity index (χ3v) is 5.23. The van der Waals surface area contributed by atoms with Crippen LogP contribution in [-0.2, 0) is 12.8 Å². The summed E-state index contributed by atoms with van der Waals surface area (Å²) >= 11 is 1.80. The second kappa shape index (κ2) is 5.39. The summed E-state index contributed by atoms with van der Waals surface area (Å²) in [7, 11) is 0. The lowest BCUT2D eigenvalue weighted by molar-refractivity contribution is 0.700. The molecule has 0 unspecified atom stereocenters. The van der Waals surface area contributed by atoms with Gasteiger partial charge in [-0.25, -0.2) is 9.97 Å². The van der Waals surface area contributed by atoms with Crippen molar-refractivity contribution in [1.29, 1.82) is 5.26 Å². The van der Waals surface area contributed by atoms with Gasteiger partial charge in [-0.2, -0.15) is 5.26 Å². The van der Waals surface area contributed by atoms with E-state index in [1.54, 1.807) is 17.7 Å². The number of hydrogen-bond donors (Lipinski definition) is 1. The molecule has 1 aromatic carbocycles. The second-order valence-electron chi connectivity index (χ2n) is 5.43. The van der Waals surface area contributed by atoms with Crippen LogP contribution in [0.3, 0.4) is 0 Å². The first-order chi connectivity index (χ1) is 10.8. The number of nitrogens with zero attached hydrogens (tertiary/aromatic N) is 3. The molecule has 0 spiro atoms. The molecule has 5 heteroatoms. The summed E-state index contributed by atoms with van der Waals surface area (Å²) in [5.74, 6) is 0.870. The molecule has 1 aliphatic rings. The highest BCUT2D eigenvalue weighted by molar-refractivity contribution is 7.19. The Bertz CT molecular complexity index is 874. The molecule has 0 aliphatic heterocycles. The van der Waals surface area contributed by atoms with Crippen molar-refractivity contribution in [2.75, 3.05) is 5.32 Å². The fraction of sp³-hybridized carbons (Fsp3) is 0.235. The first-order valence-electron chi connectivity index (χ1n) is 7.37. The number of aryl methyl sites for hydroxylation is 2. The SMILES string of the molecule is N#Cc1ccc(Nc2ncnc3sc4c(c23)CCCC4)cc1. The van der Waals surface area contributed by atoms with Gasteiger partial charge in [-0.3, -0.25) is 0 Å². The molecule has 0 saturated carbocycles. The van der Waals surface area contributed by atoms with Crippen LogP contribution in [0.4, 0.5) is 11.5 Å². The summed E-state index contributed by atoms with van der Waals surface area (Å²) in [5, 5.41) is 13.4. The Morgan fingerprint density at radius 3 is 2.73 bits per heavy atom. The van der Waals surface area contributed by atoms with E-state index in [0.717, 1.165) is 29.2 Å². The van der Waals surface area contributed by atoms with Gasteiger partial charge in [0.25, 0.3) is 0 Å². The van der Waals surface area contributed by atoms with E-state index in [0.29, 0.717) is 5.56 Å². The summed E-state index contributed by atoms with van der Waals surface area (Å²) in [6.45, 7) is 0. The van der Waals surface area contributed by atoms with E-state index in [1.807, 2.05) is 24.3 Å². The molecule has 0 saturated heterocycles. The average Bonchev–Trinajstić information content (AvgIpc) is 2.95. The van der Waals surface area contributed by atoms with Crippen LogP contribution in [0.2, 0.25) is 0 Å². The molecule has 22 heavy (non-hydrogen) atoms. The number of thiophene rings is 1. The van der Waals surface area contributed by atoms with Gasteiger partial charge in [-0.15, -0.1) is 11.3 Å². The number of anilines is 2. The lowest BCUT2D eigenvalue weighted by Crippen LogP contribution is -2.01. The summed E-state index contributed by atoms with van der Waals surface area (Å²) in [5.41, 5.74) is 3.02. The minimum Gasteiger partial charge on any atom is -0.340 e. The van der Waals surface area contributed by atoms with Crippen molar-refractivity contribution in [2.45, 2.75) is 25.7 Å². The predicted octanol–water partition coefficient (Wildman–Crippen LogP) is 4.19. The summed E-state index contributed by atoms with van der Waals surface area (Å²) in [6.07, 6.45) is 6.41. The highest BCUT2D eigenvalue weighted by atomic mass is 32.1. The molecule has 0 fully saturated rings. The number of nitriles is 1. The Labute approximate surface area is 132 Å². The highest BCUT2D eigenvalue weighted by Gasteiger charge is 2.19. The first kappa shape index (κ1) is 13.2. The molecule has 108 valence electrons. The second-order valence-corrected chi connectivity index (χ2v) is 6.51.